The number of carbonyl (C=O) groups is 3. The van der Waals surface area contributed by atoms with Crippen molar-refractivity contribution in [3.8, 4) is 0 Å². The molecule has 1 saturated heterocycles. The summed E-state index contributed by atoms with van der Waals surface area (Å²) in [6.45, 7) is 16.2. The summed E-state index contributed by atoms with van der Waals surface area (Å²) in [6.07, 6.45) is 2.65. The summed E-state index contributed by atoms with van der Waals surface area (Å²) in [5, 5.41) is 0. The SMILES string of the molecule is CCCC(=O)N(CCOCCOCCC(=O)OC(C)(C)C)C1CCN(C(=O)OC(C)(C)C)CC1. The highest BCUT2D eigenvalue weighted by molar-refractivity contribution is 5.76. The molecule has 0 aromatic heterocycles. The topological polar surface area (TPSA) is 94.6 Å². The molecule has 0 atom stereocenters. The van der Waals surface area contributed by atoms with E-state index in [2.05, 4.69) is 0 Å². The molecule has 9 nitrogen and oxygen atoms in total. The van der Waals surface area contributed by atoms with Crippen molar-refractivity contribution in [2.75, 3.05) is 46.1 Å². The molecule has 0 unspecified atom stereocenters. The molecule has 0 N–H and O–H groups in total. The number of amides is 2. The molecule has 0 saturated carbocycles. The second kappa shape index (κ2) is 14.5. The maximum Gasteiger partial charge on any atom is 0.410 e. The Kier molecular flexibility index (Phi) is 12.9. The van der Waals surface area contributed by atoms with Crippen molar-refractivity contribution < 1.29 is 33.3 Å². The van der Waals surface area contributed by atoms with Gasteiger partial charge in [0.1, 0.15) is 11.2 Å². The van der Waals surface area contributed by atoms with E-state index in [-0.39, 0.29) is 37.0 Å². The van der Waals surface area contributed by atoms with Gasteiger partial charge in [-0.1, -0.05) is 6.92 Å². The van der Waals surface area contributed by atoms with E-state index in [0.29, 0.717) is 45.9 Å². The van der Waals surface area contributed by atoms with E-state index in [1.165, 1.54) is 0 Å². The monoisotopic (exact) mass is 486 g/mol. The molecule has 0 spiro atoms. The van der Waals surface area contributed by atoms with E-state index in [9.17, 15) is 14.4 Å². The summed E-state index contributed by atoms with van der Waals surface area (Å²) in [5.74, 6) is -0.161. The predicted octanol–water partition coefficient (Wildman–Crippen LogP) is 3.78. The normalized spacial score (nSPS) is 15.2. The third-order valence-corrected chi connectivity index (χ3v) is 5.06. The van der Waals surface area contributed by atoms with Gasteiger partial charge in [-0.05, 0) is 60.8 Å². The molecule has 0 radical (unpaired) electrons. The Morgan fingerprint density at radius 2 is 1.38 bits per heavy atom. The first-order chi connectivity index (χ1) is 15.8. The van der Waals surface area contributed by atoms with E-state index in [1.807, 2.05) is 53.4 Å². The van der Waals surface area contributed by atoms with Gasteiger partial charge in [-0.15, -0.1) is 0 Å². The van der Waals surface area contributed by atoms with E-state index in [1.54, 1.807) is 4.90 Å². The van der Waals surface area contributed by atoms with Crippen LogP contribution < -0.4 is 0 Å². The highest BCUT2D eigenvalue weighted by atomic mass is 16.6. The molecule has 1 rings (SSSR count). The van der Waals surface area contributed by atoms with Gasteiger partial charge in [-0.25, -0.2) is 4.79 Å². The molecule has 1 aliphatic rings. The molecule has 0 aliphatic carbocycles. The zero-order chi connectivity index (χ0) is 25.8. The molecule has 198 valence electrons. The van der Waals surface area contributed by atoms with Crippen molar-refractivity contribution in [1.82, 2.24) is 9.80 Å². The summed E-state index contributed by atoms with van der Waals surface area (Å²) in [4.78, 5) is 40.3. The summed E-state index contributed by atoms with van der Waals surface area (Å²) >= 11 is 0. The fraction of sp³-hybridized carbons (Fsp3) is 0.880. The summed E-state index contributed by atoms with van der Waals surface area (Å²) in [6, 6.07) is 0.0893. The Morgan fingerprint density at radius 1 is 0.824 bits per heavy atom. The number of nitrogens with zero attached hydrogens (tertiary/aromatic N) is 2. The fourth-order valence-corrected chi connectivity index (χ4v) is 3.59. The molecule has 0 aromatic rings. The predicted molar refractivity (Wildman–Crippen MR) is 130 cm³/mol. The second-order valence-electron chi connectivity index (χ2n) is 10.6. The van der Waals surface area contributed by atoms with Crippen molar-refractivity contribution in [3.63, 3.8) is 0 Å². The van der Waals surface area contributed by atoms with Gasteiger partial charge in [-0.2, -0.15) is 0 Å². The van der Waals surface area contributed by atoms with Gasteiger partial charge in [0.15, 0.2) is 0 Å². The summed E-state index contributed by atoms with van der Waals surface area (Å²) in [5.41, 5.74) is -1.01. The minimum absolute atomic E-state index is 0.0893. The molecule has 2 amide bonds. The lowest BCUT2D eigenvalue weighted by atomic mass is 10.0. The number of carbonyl (C=O) groups excluding carboxylic acids is 3. The number of ether oxygens (including phenoxy) is 4. The van der Waals surface area contributed by atoms with Crippen molar-refractivity contribution in [3.05, 3.63) is 0 Å². The highest BCUT2D eigenvalue weighted by Crippen LogP contribution is 2.20. The third kappa shape index (κ3) is 13.1. The smallest absolute Gasteiger partial charge is 0.410 e. The van der Waals surface area contributed by atoms with Crippen LogP contribution in [0.1, 0.15) is 80.6 Å². The van der Waals surface area contributed by atoms with Gasteiger partial charge in [0, 0.05) is 32.1 Å². The van der Waals surface area contributed by atoms with E-state index >= 15 is 0 Å². The van der Waals surface area contributed by atoms with Crippen molar-refractivity contribution in [2.45, 2.75) is 97.8 Å². The zero-order valence-electron chi connectivity index (χ0n) is 22.3. The molecule has 0 aromatic carbocycles. The molecule has 9 heteroatoms. The molecule has 34 heavy (non-hydrogen) atoms. The van der Waals surface area contributed by atoms with Crippen molar-refractivity contribution in [2.24, 2.45) is 0 Å². The first kappa shape index (κ1) is 30.2. The average molecular weight is 487 g/mol. The Labute approximate surface area is 205 Å². The Morgan fingerprint density at radius 3 is 1.91 bits per heavy atom. The standard InChI is InChI=1S/C25H46N2O7/c1-8-9-21(28)27(20-10-13-26(14-11-20)23(30)34-25(5,6)7)15-17-32-19-18-31-16-12-22(29)33-24(2,3)4/h20H,8-19H2,1-7H3. The largest absolute Gasteiger partial charge is 0.460 e. The lowest BCUT2D eigenvalue weighted by molar-refractivity contribution is -0.156. The average Bonchev–Trinajstić information content (AvgIpc) is 2.70. The molecule has 1 aliphatic heterocycles. The molecule has 0 bridgehead atoms. The lowest BCUT2D eigenvalue weighted by Crippen LogP contribution is -2.50. The Hall–Kier alpha value is -1.87. The van der Waals surface area contributed by atoms with Crippen LogP contribution in [0, 0.1) is 0 Å². The quantitative estimate of drug-likeness (QED) is 0.306. The van der Waals surface area contributed by atoms with Crippen LogP contribution >= 0.6 is 0 Å². The molecular formula is C25H46N2O7. The Bertz CT molecular complexity index is 632. The number of esters is 1. The first-order valence-corrected chi connectivity index (χ1v) is 12.5. The van der Waals surface area contributed by atoms with Crippen LogP contribution in [0.2, 0.25) is 0 Å². The molecule has 1 heterocycles. The minimum Gasteiger partial charge on any atom is -0.460 e. The van der Waals surface area contributed by atoms with Crippen molar-refractivity contribution in [1.29, 1.82) is 0 Å². The summed E-state index contributed by atoms with van der Waals surface area (Å²) < 4.78 is 21.8. The van der Waals surface area contributed by atoms with E-state index < -0.39 is 11.2 Å². The second-order valence-corrected chi connectivity index (χ2v) is 10.6. The molecular weight excluding hydrogens is 440 g/mol. The van der Waals surface area contributed by atoms with Crippen molar-refractivity contribution >= 4 is 18.0 Å². The van der Waals surface area contributed by atoms with Gasteiger partial charge in [0.25, 0.3) is 0 Å². The van der Waals surface area contributed by atoms with E-state index in [0.717, 1.165) is 19.3 Å². The van der Waals surface area contributed by atoms with Gasteiger partial charge in [0.2, 0.25) is 5.91 Å². The highest BCUT2D eigenvalue weighted by Gasteiger charge is 2.31. The van der Waals surface area contributed by atoms with Crippen LogP contribution in [0.3, 0.4) is 0 Å². The molecule has 1 fully saturated rings. The fourth-order valence-electron chi connectivity index (χ4n) is 3.59. The number of rotatable bonds is 12. The Balaban J connectivity index is 2.34. The minimum atomic E-state index is -0.520. The van der Waals surface area contributed by atoms with E-state index in [4.69, 9.17) is 18.9 Å². The van der Waals surface area contributed by atoms with Crippen LogP contribution in [0.4, 0.5) is 4.79 Å². The number of hydrogen-bond acceptors (Lipinski definition) is 7. The zero-order valence-corrected chi connectivity index (χ0v) is 22.3. The van der Waals surface area contributed by atoms with Gasteiger partial charge in [-0.3, -0.25) is 9.59 Å². The first-order valence-electron chi connectivity index (χ1n) is 12.5. The third-order valence-electron chi connectivity index (χ3n) is 5.06. The van der Waals surface area contributed by atoms with Crippen LogP contribution in [0.15, 0.2) is 0 Å². The van der Waals surface area contributed by atoms with Crippen LogP contribution in [-0.2, 0) is 28.5 Å². The van der Waals surface area contributed by atoms with Gasteiger partial charge >= 0.3 is 12.1 Å². The maximum atomic E-state index is 12.7. The number of hydrogen-bond donors (Lipinski definition) is 0. The number of piperidine rings is 1. The summed E-state index contributed by atoms with van der Waals surface area (Å²) in [7, 11) is 0. The van der Waals surface area contributed by atoms with Crippen LogP contribution in [0.5, 0.6) is 0 Å². The van der Waals surface area contributed by atoms with Gasteiger partial charge in [0.05, 0.1) is 32.8 Å². The maximum absolute atomic E-state index is 12.7. The lowest BCUT2D eigenvalue weighted by Gasteiger charge is -2.39. The number of likely N-dealkylation sites (tertiary alicyclic amines) is 1. The van der Waals surface area contributed by atoms with Crippen LogP contribution in [0.25, 0.3) is 0 Å². The van der Waals surface area contributed by atoms with Crippen LogP contribution in [-0.4, -0.2) is 91.1 Å². The van der Waals surface area contributed by atoms with Gasteiger partial charge < -0.3 is 28.7 Å².